The molecule has 0 aliphatic carbocycles. The molecule has 1 atom stereocenters. The Hall–Kier alpha value is -2.09. The lowest BCUT2D eigenvalue weighted by atomic mass is 10.1. The first-order chi connectivity index (χ1) is 9.38. The van der Waals surface area contributed by atoms with Crippen LogP contribution in [0.5, 0.6) is 0 Å². The normalized spacial score (nSPS) is 11.4. The van der Waals surface area contributed by atoms with Gasteiger partial charge >= 0.3 is 12.0 Å². The Morgan fingerprint density at radius 3 is 2.60 bits per heavy atom. The number of amides is 3. The molecule has 0 bridgehead atoms. The summed E-state index contributed by atoms with van der Waals surface area (Å²) in [5, 5.41) is 13.7. The van der Waals surface area contributed by atoms with Crippen LogP contribution < -0.4 is 16.4 Å². The van der Waals surface area contributed by atoms with E-state index >= 15 is 0 Å². The number of halogens is 1. The molecule has 108 valence electrons. The Bertz CT molecular complexity index is 521. The second-order valence-corrected chi connectivity index (χ2v) is 4.92. The van der Waals surface area contributed by atoms with Gasteiger partial charge in [0.15, 0.2) is 0 Å². The highest BCUT2D eigenvalue weighted by Crippen LogP contribution is 2.15. The van der Waals surface area contributed by atoms with E-state index in [-0.39, 0.29) is 12.8 Å². The van der Waals surface area contributed by atoms with Crippen molar-refractivity contribution in [1.82, 2.24) is 5.32 Å². The van der Waals surface area contributed by atoms with Gasteiger partial charge in [-0.3, -0.25) is 4.79 Å². The minimum absolute atomic E-state index is 0.0590. The molecule has 0 aliphatic heterocycles. The maximum absolute atomic E-state index is 11.7. The van der Waals surface area contributed by atoms with E-state index in [9.17, 15) is 14.4 Å². The number of benzene rings is 1. The molecule has 0 heterocycles. The summed E-state index contributed by atoms with van der Waals surface area (Å²) >= 11 is 3.25. The summed E-state index contributed by atoms with van der Waals surface area (Å²) in [6.07, 6.45) is -0.176. The van der Waals surface area contributed by atoms with E-state index in [4.69, 9.17) is 10.8 Å². The van der Waals surface area contributed by atoms with E-state index in [2.05, 4.69) is 26.6 Å². The zero-order chi connectivity index (χ0) is 15.1. The SMILES string of the molecule is NC(=O)CC[C@H](NC(=O)Nc1cccc(Br)c1)C(=O)O. The lowest BCUT2D eigenvalue weighted by molar-refractivity contribution is -0.139. The van der Waals surface area contributed by atoms with Gasteiger partial charge in [0.1, 0.15) is 6.04 Å². The lowest BCUT2D eigenvalue weighted by Crippen LogP contribution is -2.43. The summed E-state index contributed by atoms with van der Waals surface area (Å²) in [4.78, 5) is 33.3. The first-order valence-electron chi connectivity index (χ1n) is 5.72. The topological polar surface area (TPSA) is 122 Å². The number of hydrogen-bond donors (Lipinski definition) is 4. The first-order valence-corrected chi connectivity index (χ1v) is 6.52. The number of carboxylic acid groups (broad SMARTS) is 1. The van der Waals surface area contributed by atoms with Crippen molar-refractivity contribution in [2.75, 3.05) is 5.32 Å². The largest absolute Gasteiger partial charge is 0.480 e. The smallest absolute Gasteiger partial charge is 0.326 e. The molecule has 0 fully saturated rings. The fourth-order valence-electron chi connectivity index (χ4n) is 1.44. The molecule has 3 amide bonds. The number of carbonyl (C=O) groups is 3. The zero-order valence-electron chi connectivity index (χ0n) is 10.4. The Kier molecular flexibility index (Phi) is 5.98. The van der Waals surface area contributed by atoms with E-state index in [0.29, 0.717) is 5.69 Å². The Morgan fingerprint density at radius 2 is 2.05 bits per heavy atom. The lowest BCUT2D eigenvalue weighted by Gasteiger charge is -2.14. The number of rotatable bonds is 6. The Labute approximate surface area is 123 Å². The Balaban J connectivity index is 2.57. The third kappa shape index (κ3) is 5.70. The van der Waals surface area contributed by atoms with Crippen molar-refractivity contribution in [3.8, 4) is 0 Å². The zero-order valence-corrected chi connectivity index (χ0v) is 12.0. The van der Waals surface area contributed by atoms with E-state index in [0.717, 1.165) is 4.47 Å². The maximum atomic E-state index is 11.7. The van der Waals surface area contributed by atoms with Crippen molar-refractivity contribution in [2.24, 2.45) is 5.73 Å². The number of aliphatic carboxylic acids is 1. The van der Waals surface area contributed by atoms with Crippen LogP contribution in [-0.4, -0.2) is 29.1 Å². The van der Waals surface area contributed by atoms with Gasteiger partial charge in [0, 0.05) is 16.6 Å². The highest BCUT2D eigenvalue weighted by Gasteiger charge is 2.20. The predicted octanol–water partition coefficient (Wildman–Crippen LogP) is 1.29. The van der Waals surface area contributed by atoms with Crippen LogP contribution in [0.25, 0.3) is 0 Å². The fraction of sp³-hybridized carbons (Fsp3) is 0.250. The van der Waals surface area contributed by atoms with Crippen LogP contribution in [0.15, 0.2) is 28.7 Å². The van der Waals surface area contributed by atoms with Gasteiger partial charge in [-0.1, -0.05) is 22.0 Å². The molecule has 0 spiro atoms. The van der Waals surface area contributed by atoms with Crippen LogP contribution in [0.2, 0.25) is 0 Å². The standard InChI is InChI=1S/C12H14BrN3O4/c13-7-2-1-3-8(6-7)15-12(20)16-9(11(18)19)4-5-10(14)17/h1-3,6,9H,4-5H2,(H2,14,17)(H,18,19)(H2,15,16,20)/t9-/m0/s1. The number of hydrogen-bond acceptors (Lipinski definition) is 3. The van der Waals surface area contributed by atoms with Crippen molar-refractivity contribution >= 4 is 39.5 Å². The molecule has 1 aromatic rings. The van der Waals surface area contributed by atoms with E-state index < -0.39 is 23.9 Å². The van der Waals surface area contributed by atoms with Crippen molar-refractivity contribution in [2.45, 2.75) is 18.9 Å². The molecule has 0 saturated carbocycles. The maximum Gasteiger partial charge on any atom is 0.326 e. The number of anilines is 1. The third-order valence-electron chi connectivity index (χ3n) is 2.37. The monoisotopic (exact) mass is 343 g/mol. The number of urea groups is 1. The summed E-state index contributed by atoms with van der Waals surface area (Å²) in [7, 11) is 0. The molecule has 8 heteroatoms. The molecule has 1 aromatic carbocycles. The second-order valence-electron chi connectivity index (χ2n) is 4.00. The van der Waals surface area contributed by atoms with Gasteiger partial charge in [-0.05, 0) is 24.6 Å². The van der Waals surface area contributed by atoms with Gasteiger partial charge in [0.05, 0.1) is 0 Å². The molecule has 5 N–H and O–H groups in total. The van der Waals surface area contributed by atoms with Crippen LogP contribution in [-0.2, 0) is 9.59 Å². The second kappa shape index (κ2) is 7.49. The van der Waals surface area contributed by atoms with Crippen molar-refractivity contribution < 1.29 is 19.5 Å². The van der Waals surface area contributed by atoms with Gasteiger partial charge in [-0.15, -0.1) is 0 Å². The minimum Gasteiger partial charge on any atom is -0.480 e. The molecular weight excluding hydrogens is 330 g/mol. The molecule has 0 aliphatic rings. The molecular formula is C12H14BrN3O4. The predicted molar refractivity (Wildman–Crippen MR) is 76.1 cm³/mol. The van der Waals surface area contributed by atoms with Crippen LogP contribution >= 0.6 is 15.9 Å². The molecule has 0 aromatic heterocycles. The van der Waals surface area contributed by atoms with Gasteiger partial charge in [-0.25, -0.2) is 9.59 Å². The summed E-state index contributed by atoms with van der Waals surface area (Å²) in [6, 6.07) is 4.99. The molecule has 1 rings (SSSR count). The molecule has 0 unspecified atom stereocenters. The van der Waals surface area contributed by atoms with Crippen LogP contribution in [0.1, 0.15) is 12.8 Å². The van der Waals surface area contributed by atoms with Crippen molar-refractivity contribution in [3.63, 3.8) is 0 Å². The van der Waals surface area contributed by atoms with Gasteiger partial charge in [0.2, 0.25) is 5.91 Å². The number of nitrogens with one attached hydrogen (secondary N) is 2. The Morgan fingerprint density at radius 1 is 1.35 bits per heavy atom. The number of carboxylic acids is 1. The van der Waals surface area contributed by atoms with E-state index in [1.165, 1.54) is 0 Å². The first kappa shape index (κ1) is 16.0. The van der Waals surface area contributed by atoms with Crippen molar-refractivity contribution in [1.29, 1.82) is 0 Å². The average Bonchev–Trinajstić information content (AvgIpc) is 2.33. The van der Waals surface area contributed by atoms with Gasteiger partial charge in [-0.2, -0.15) is 0 Å². The molecule has 20 heavy (non-hydrogen) atoms. The number of carbonyl (C=O) groups excluding carboxylic acids is 2. The molecule has 0 radical (unpaired) electrons. The summed E-state index contributed by atoms with van der Waals surface area (Å²) in [5.74, 6) is -1.85. The number of primary amides is 1. The summed E-state index contributed by atoms with van der Waals surface area (Å²) in [6.45, 7) is 0. The van der Waals surface area contributed by atoms with E-state index in [1.807, 2.05) is 0 Å². The van der Waals surface area contributed by atoms with Crippen LogP contribution in [0, 0.1) is 0 Å². The number of nitrogens with two attached hydrogens (primary N) is 1. The fourth-order valence-corrected chi connectivity index (χ4v) is 1.83. The van der Waals surface area contributed by atoms with Gasteiger partial charge < -0.3 is 21.5 Å². The highest BCUT2D eigenvalue weighted by molar-refractivity contribution is 9.10. The van der Waals surface area contributed by atoms with Crippen molar-refractivity contribution in [3.05, 3.63) is 28.7 Å². The third-order valence-corrected chi connectivity index (χ3v) is 2.86. The quantitative estimate of drug-likeness (QED) is 0.621. The van der Waals surface area contributed by atoms with Gasteiger partial charge in [0.25, 0.3) is 0 Å². The summed E-state index contributed by atoms with van der Waals surface area (Å²) < 4.78 is 0.777. The highest BCUT2D eigenvalue weighted by atomic mass is 79.9. The molecule has 0 saturated heterocycles. The van der Waals surface area contributed by atoms with Crippen LogP contribution in [0.3, 0.4) is 0 Å². The van der Waals surface area contributed by atoms with Crippen LogP contribution in [0.4, 0.5) is 10.5 Å². The average molecular weight is 344 g/mol. The van der Waals surface area contributed by atoms with E-state index in [1.54, 1.807) is 24.3 Å². The minimum atomic E-state index is -1.23. The summed E-state index contributed by atoms with van der Waals surface area (Å²) in [5.41, 5.74) is 5.46. The molecule has 7 nitrogen and oxygen atoms in total.